The van der Waals surface area contributed by atoms with E-state index in [9.17, 15) is 0 Å². The number of benzene rings is 1. The lowest BCUT2D eigenvalue weighted by atomic mass is 10.0. The zero-order chi connectivity index (χ0) is 13.0. The Morgan fingerprint density at radius 3 is 2.56 bits per heavy atom. The molecule has 18 heavy (non-hydrogen) atoms. The highest BCUT2D eigenvalue weighted by molar-refractivity contribution is 5.56. The van der Waals surface area contributed by atoms with Gasteiger partial charge in [0.1, 0.15) is 0 Å². The Balaban J connectivity index is 2.13. The van der Waals surface area contributed by atoms with E-state index in [4.69, 9.17) is 4.52 Å². The molecule has 2 rings (SSSR count). The van der Waals surface area contributed by atoms with Crippen molar-refractivity contribution in [1.29, 1.82) is 0 Å². The molecule has 0 aliphatic rings. The number of nitrogens with zero attached hydrogens (tertiary/aromatic N) is 2. The average Bonchev–Trinajstić information content (AvgIpc) is 2.85. The van der Waals surface area contributed by atoms with Crippen molar-refractivity contribution in [2.75, 3.05) is 11.9 Å². The monoisotopic (exact) mass is 245 g/mol. The molecule has 0 aliphatic heterocycles. The molecule has 0 fully saturated rings. The lowest BCUT2D eigenvalue weighted by Gasteiger charge is -2.04. The molecule has 0 unspecified atom stereocenters. The van der Waals surface area contributed by atoms with Crippen LogP contribution in [-0.2, 0) is 0 Å². The van der Waals surface area contributed by atoms with Gasteiger partial charge in [0.15, 0.2) is 0 Å². The van der Waals surface area contributed by atoms with Gasteiger partial charge < -0.3 is 9.84 Å². The second-order valence-corrected chi connectivity index (χ2v) is 4.63. The van der Waals surface area contributed by atoms with Crippen molar-refractivity contribution < 1.29 is 4.52 Å². The first-order valence-electron chi connectivity index (χ1n) is 6.38. The van der Waals surface area contributed by atoms with Crippen LogP contribution in [0.25, 0.3) is 11.4 Å². The van der Waals surface area contributed by atoms with Crippen LogP contribution in [0.3, 0.4) is 0 Å². The van der Waals surface area contributed by atoms with Gasteiger partial charge in [0.05, 0.1) is 0 Å². The van der Waals surface area contributed by atoms with Crippen molar-refractivity contribution in [2.24, 2.45) is 0 Å². The lowest BCUT2D eigenvalue weighted by Crippen LogP contribution is -1.99. The highest BCUT2D eigenvalue weighted by Gasteiger charge is 2.08. The largest absolute Gasteiger partial charge is 0.338 e. The van der Waals surface area contributed by atoms with Crippen LogP contribution in [0.4, 0.5) is 6.01 Å². The van der Waals surface area contributed by atoms with Crippen molar-refractivity contribution in [1.82, 2.24) is 10.1 Å². The quantitative estimate of drug-likeness (QED) is 0.873. The van der Waals surface area contributed by atoms with Gasteiger partial charge in [0.2, 0.25) is 5.82 Å². The van der Waals surface area contributed by atoms with E-state index in [0.29, 0.717) is 17.8 Å². The Kier molecular flexibility index (Phi) is 3.97. The SMILES string of the molecule is CCCNc1nc(-c2ccc(C(C)C)cc2)no1. The molecule has 2 aromatic rings. The smallest absolute Gasteiger partial charge is 0.321 e. The standard InChI is InChI=1S/C14H19N3O/c1-4-9-15-14-16-13(17-18-14)12-7-5-11(6-8-12)10(2)3/h5-8,10H,4,9H2,1-3H3,(H,15,16,17). The van der Waals surface area contributed by atoms with Gasteiger partial charge in [-0.2, -0.15) is 4.98 Å². The van der Waals surface area contributed by atoms with E-state index in [-0.39, 0.29) is 0 Å². The maximum Gasteiger partial charge on any atom is 0.321 e. The molecular weight excluding hydrogens is 226 g/mol. The van der Waals surface area contributed by atoms with Crippen LogP contribution in [-0.4, -0.2) is 16.7 Å². The lowest BCUT2D eigenvalue weighted by molar-refractivity contribution is 0.432. The van der Waals surface area contributed by atoms with Gasteiger partial charge >= 0.3 is 6.01 Å². The molecule has 0 aliphatic carbocycles. The molecule has 0 saturated carbocycles. The third-order valence-corrected chi connectivity index (χ3v) is 2.79. The number of anilines is 1. The molecule has 0 bridgehead atoms. The van der Waals surface area contributed by atoms with Gasteiger partial charge in [0, 0.05) is 12.1 Å². The molecule has 4 nitrogen and oxygen atoms in total. The van der Waals surface area contributed by atoms with Crippen LogP contribution in [0.5, 0.6) is 0 Å². The number of hydrogen-bond acceptors (Lipinski definition) is 4. The molecule has 96 valence electrons. The summed E-state index contributed by atoms with van der Waals surface area (Å²) >= 11 is 0. The maximum atomic E-state index is 5.13. The summed E-state index contributed by atoms with van der Waals surface area (Å²) in [4.78, 5) is 4.30. The van der Waals surface area contributed by atoms with Gasteiger partial charge in [0.25, 0.3) is 0 Å². The second-order valence-electron chi connectivity index (χ2n) is 4.63. The fourth-order valence-electron chi connectivity index (χ4n) is 1.66. The van der Waals surface area contributed by atoms with E-state index in [0.717, 1.165) is 18.5 Å². The van der Waals surface area contributed by atoms with E-state index in [1.807, 2.05) is 12.1 Å². The molecule has 0 radical (unpaired) electrons. The van der Waals surface area contributed by atoms with E-state index in [1.54, 1.807) is 0 Å². The van der Waals surface area contributed by atoms with Crippen molar-refractivity contribution in [2.45, 2.75) is 33.1 Å². The fraction of sp³-hybridized carbons (Fsp3) is 0.429. The topological polar surface area (TPSA) is 51.0 Å². The molecule has 0 amide bonds. The van der Waals surface area contributed by atoms with Gasteiger partial charge in [-0.3, -0.25) is 0 Å². The van der Waals surface area contributed by atoms with Gasteiger partial charge in [-0.25, -0.2) is 0 Å². The highest BCUT2D eigenvalue weighted by Crippen LogP contribution is 2.21. The molecule has 4 heteroatoms. The van der Waals surface area contributed by atoms with E-state index >= 15 is 0 Å². The van der Waals surface area contributed by atoms with Crippen LogP contribution >= 0.6 is 0 Å². The van der Waals surface area contributed by atoms with Crippen LogP contribution < -0.4 is 5.32 Å². The second kappa shape index (κ2) is 5.67. The van der Waals surface area contributed by atoms with Gasteiger partial charge in [-0.1, -0.05) is 50.2 Å². The molecule has 0 saturated heterocycles. The Labute approximate surface area is 107 Å². The predicted octanol–water partition coefficient (Wildman–Crippen LogP) is 3.68. The zero-order valence-electron chi connectivity index (χ0n) is 11.1. The third kappa shape index (κ3) is 2.88. The fourth-order valence-corrected chi connectivity index (χ4v) is 1.66. The zero-order valence-corrected chi connectivity index (χ0v) is 11.1. The van der Waals surface area contributed by atoms with Crippen molar-refractivity contribution in [3.05, 3.63) is 29.8 Å². The average molecular weight is 245 g/mol. The maximum absolute atomic E-state index is 5.13. The minimum atomic E-state index is 0.486. The summed E-state index contributed by atoms with van der Waals surface area (Å²) in [5.41, 5.74) is 2.29. The van der Waals surface area contributed by atoms with Crippen molar-refractivity contribution in [3.8, 4) is 11.4 Å². The Morgan fingerprint density at radius 2 is 1.94 bits per heavy atom. The van der Waals surface area contributed by atoms with Crippen LogP contribution in [0, 0.1) is 0 Å². The summed E-state index contributed by atoms with van der Waals surface area (Å²) in [6, 6.07) is 8.76. The number of aromatic nitrogens is 2. The minimum Gasteiger partial charge on any atom is -0.338 e. The molecule has 0 spiro atoms. The third-order valence-electron chi connectivity index (χ3n) is 2.79. The van der Waals surface area contributed by atoms with Gasteiger partial charge in [-0.05, 0) is 17.9 Å². The van der Waals surface area contributed by atoms with E-state index in [1.165, 1.54) is 5.56 Å². The molecule has 1 aromatic carbocycles. The number of rotatable bonds is 5. The van der Waals surface area contributed by atoms with Gasteiger partial charge in [-0.15, -0.1) is 0 Å². The molecule has 0 atom stereocenters. The Hall–Kier alpha value is -1.84. The number of hydrogen-bond donors (Lipinski definition) is 1. The summed E-state index contributed by atoms with van der Waals surface area (Å²) in [6.07, 6.45) is 1.03. The van der Waals surface area contributed by atoms with Crippen LogP contribution in [0.15, 0.2) is 28.8 Å². The summed E-state index contributed by atoms with van der Waals surface area (Å²) in [7, 11) is 0. The first kappa shape index (κ1) is 12.6. The predicted molar refractivity (Wildman–Crippen MR) is 72.6 cm³/mol. The normalized spacial score (nSPS) is 10.9. The molecule has 1 N–H and O–H groups in total. The summed E-state index contributed by atoms with van der Waals surface area (Å²) in [6.45, 7) is 7.29. The van der Waals surface area contributed by atoms with Crippen LogP contribution in [0.1, 0.15) is 38.7 Å². The Bertz CT molecular complexity index is 488. The highest BCUT2D eigenvalue weighted by atomic mass is 16.5. The van der Waals surface area contributed by atoms with Crippen molar-refractivity contribution in [3.63, 3.8) is 0 Å². The summed E-state index contributed by atoms with van der Waals surface area (Å²) < 4.78 is 5.13. The van der Waals surface area contributed by atoms with Crippen LogP contribution in [0.2, 0.25) is 0 Å². The Morgan fingerprint density at radius 1 is 1.22 bits per heavy atom. The molecule has 1 heterocycles. The first-order valence-corrected chi connectivity index (χ1v) is 6.38. The van der Waals surface area contributed by atoms with E-state index < -0.39 is 0 Å². The summed E-state index contributed by atoms with van der Waals surface area (Å²) in [5.74, 6) is 1.16. The first-order chi connectivity index (χ1) is 8.70. The minimum absolute atomic E-state index is 0.486. The summed E-state index contributed by atoms with van der Waals surface area (Å²) in [5, 5.41) is 7.04. The molecular formula is C14H19N3O. The van der Waals surface area contributed by atoms with E-state index in [2.05, 4.69) is 48.4 Å². The molecule has 1 aromatic heterocycles. The number of nitrogens with one attached hydrogen (secondary N) is 1. The van der Waals surface area contributed by atoms with Crippen molar-refractivity contribution >= 4 is 6.01 Å².